The SMILES string of the molecule is Cc1nc(Nc2ccccc2C(=O)O)c(NCc2ccc(-c3cc(Cl)ccc3Cl)o2)c(NC(CC(N)=O)C(=O)O)n1. The molecule has 0 saturated carbocycles. The minimum absolute atomic E-state index is 0.0181. The molecule has 14 heteroatoms. The second-order valence-corrected chi connectivity index (χ2v) is 9.61. The second kappa shape index (κ2) is 12.6. The van der Waals surface area contributed by atoms with Gasteiger partial charge < -0.3 is 36.3 Å². The van der Waals surface area contributed by atoms with E-state index in [4.69, 9.17) is 33.4 Å². The molecule has 1 atom stereocenters. The lowest BCUT2D eigenvalue weighted by Gasteiger charge is -2.20. The van der Waals surface area contributed by atoms with Gasteiger partial charge in [-0.05, 0) is 49.4 Å². The Morgan fingerprint density at radius 3 is 2.46 bits per heavy atom. The van der Waals surface area contributed by atoms with Gasteiger partial charge in [-0.15, -0.1) is 0 Å². The van der Waals surface area contributed by atoms with Crippen molar-refractivity contribution in [2.24, 2.45) is 5.73 Å². The molecule has 0 fully saturated rings. The third-order valence-electron chi connectivity index (χ3n) is 5.74. The minimum Gasteiger partial charge on any atom is -0.480 e. The van der Waals surface area contributed by atoms with Crippen LogP contribution in [0.2, 0.25) is 10.0 Å². The van der Waals surface area contributed by atoms with Crippen molar-refractivity contribution in [3.63, 3.8) is 0 Å². The number of primary amides is 1. The number of furan rings is 1. The number of aromatic carboxylic acids is 1. The number of halogens is 2. The van der Waals surface area contributed by atoms with Crippen LogP contribution in [0.15, 0.2) is 59.0 Å². The van der Waals surface area contributed by atoms with Crippen LogP contribution < -0.4 is 21.7 Å². The summed E-state index contributed by atoms with van der Waals surface area (Å²) in [4.78, 5) is 43.9. The van der Waals surface area contributed by atoms with Crippen LogP contribution in [0, 0.1) is 6.92 Å². The number of aromatic nitrogens is 2. The lowest BCUT2D eigenvalue weighted by molar-refractivity contribution is -0.139. The molecule has 2 heterocycles. The maximum absolute atomic E-state index is 11.8. The number of benzene rings is 2. The number of carbonyl (C=O) groups is 3. The molecule has 1 amide bonds. The molecule has 0 aliphatic heterocycles. The van der Waals surface area contributed by atoms with Crippen molar-refractivity contribution in [2.45, 2.75) is 25.9 Å². The molecule has 0 aliphatic rings. The first kappa shape index (κ1) is 29.2. The Morgan fingerprint density at radius 1 is 1.02 bits per heavy atom. The Kier molecular flexibility index (Phi) is 8.95. The number of aryl methyl sites for hydroxylation is 1. The molecule has 7 N–H and O–H groups in total. The summed E-state index contributed by atoms with van der Waals surface area (Å²) in [6, 6.07) is 13.2. The van der Waals surface area contributed by atoms with Gasteiger partial charge in [0.05, 0.1) is 29.2 Å². The number of carboxylic acid groups (broad SMARTS) is 2. The average molecular weight is 599 g/mol. The van der Waals surface area contributed by atoms with Crippen LogP contribution in [-0.4, -0.2) is 44.1 Å². The summed E-state index contributed by atoms with van der Waals surface area (Å²) in [7, 11) is 0. The quantitative estimate of drug-likeness (QED) is 0.126. The summed E-state index contributed by atoms with van der Waals surface area (Å²) in [5.74, 6) is -1.99. The number of nitrogens with two attached hydrogens (primary N) is 1. The van der Waals surface area contributed by atoms with Crippen molar-refractivity contribution < 1.29 is 29.0 Å². The van der Waals surface area contributed by atoms with E-state index in [1.807, 2.05) is 0 Å². The van der Waals surface area contributed by atoms with Crippen LogP contribution >= 0.6 is 23.2 Å². The van der Waals surface area contributed by atoms with E-state index in [2.05, 4.69) is 25.9 Å². The van der Waals surface area contributed by atoms with Crippen molar-refractivity contribution in [1.29, 1.82) is 0 Å². The summed E-state index contributed by atoms with van der Waals surface area (Å²) in [6.45, 7) is 1.64. The monoisotopic (exact) mass is 598 g/mol. The molecule has 0 saturated heterocycles. The third-order valence-corrected chi connectivity index (χ3v) is 6.31. The lowest BCUT2D eigenvalue weighted by Crippen LogP contribution is -2.34. The van der Waals surface area contributed by atoms with Crippen LogP contribution in [0.25, 0.3) is 11.3 Å². The van der Waals surface area contributed by atoms with Crippen molar-refractivity contribution in [1.82, 2.24) is 9.97 Å². The van der Waals surface area contributed by atoms with E-state index < -0.39 is 30.3 Å². The van der Waals surface area contributed by atoms with Crippen LogP contribution in [-0.2, 0) is 16.1 Å². The predicted molar refractivity (Wildman–Crippen MR) is 154 cm³/mol. The van der Waals surface area contributed by atoms with Crippen molar-refractivity contribution in [2.75, 3.05) is 16.0 Å². The Balaban J connectivity index is 1.72. The number of aliphatic carboxylic acids is 1. The molecule has 2 aromatic heterocycles. The molecule has 0 radical (unpaired) electrons. The fourth-order valence-electron chi connectivity index (χ4n) is 3.89. The summed E-state index contributed by atoms with van der Waals surface area (Å²) in [5.41, 5.74) is 6.24. The normalized spacial score (nSPS) is 11.5. The average Bonchev–Trinajstić information content (AvgIpc) is 3.38. The smallest absolute Gasteiger partial charge is 0.337 e. The predicted octanol–water partition coefficient (Wildman–Crippen LogP) is 5.15. The van der Waals surface area contributed by atoms with Gasteiger partial charge in [-0.25, -0.2) is 19.6 Å². The molecule has 0 spiro atoms. The first-order valence-electron chi connectivity index (χ1n) is 12.1. The number of rotatable bonds is 12. The fraction of sp³-hybridized carbons (Fsp3) is 0.148. The highest BCUT2D eigenvalue weighted by molar-refractivity contribution is 6.35. The molecule has 4 rings (SSSR count). The van der Waals surface area contributed by atoms with Gasteiger partial charge in [0, 0.05) is 10.6 Å². The number of anilines is 4. The largest absolute Gasteiger partial charge is 0.480 e. The molecular formula is C27H24Cl2N6O6. The van der Waals surface area contributed by atoms with Crippen LogP contribution in [0.5, 0.6) is 0 Å². The maximum Gasteiger partial charge on any atom is 0.337 e. The van der Waals surface area contributed by atoms with E-state index >= 15 is 0 Å². The number of hydrogen-bond acceptors (Lipinski definition) is 9. The van der Waals surface area contributed by atoms with Crippen LogP contribution in [0.3, 0.4) is 0 Å². The van der Waals surface area contributed by atoms with Gasteiger partial charge in [-0.1, -0.05) is 35.3 Å². The second-order valence-electron chi connectivity index (χ2n) is 8.77. The summed E-state index contributed by atoms with van der Waals surface area (Å²) in [6.07, 6.45) is -0.510. The van der Waals surface area contributed by atoms with E-state index in [1.165, 1.54) is 6.07 Å². The molecule has 2 aromatic carbocycles. The highest BCUT2D eigenvalue weighted by atomic mass is 35.5. The topological polar surface area (TPSA) is 193 Å². The molecular weight excluding hydrogens is 575 g/mol. The van der Waals surface area contributed by atoms with Gasteiger partial charge in [0.2, 0.25) is 5.91 Å². The minimum atomic E-state index is -1.40. The van der Waals surface area contributed by atoms with Gasteiger partial charge in [-0.3, -0.25) is 4.79 Å². The Morgan fingerprint density at radius 2 is 1.76 bits per heavy atom. The number of carboxylic acids is 2. The van der Waals surface area contributed by atoms with Gasteiger partial charge in [-0.2, -0.15) is 0 Å². The van der Waals surface area contributed by atoms with Gasteiger partial charge >= 0.3 is 11.9 Å². The van der Waals surface area contributed by atoms with Crippen molar-refractivity contribution in [3.8, 4) is 11.3 Å². The van der Waals surface area contributed by atoms with E-state index in [0.29, 0.717) is 27.1 Å². The molecule has 0 aliphatic carbocycles. The van der Waals surface area contributed by atoms with Crippen molar-refractivity contribution >= 4 is 64.1 Å². The first-order valence-corrected chi connectivity index (χ1v) is 12.8. The summed E-state index contributed by atoms with van der Waals surface area (Å²) in [5, 5.41) is 29.1. The van der Waals surface area contributed by atoms with Crippen LogP contribution in [0.1, 0.15) is 28.4 Å². The highest BCUT2D eigenvalue weighted by Crippen LogP contribution is 2.34. The van der Waals surface area contributed by atoms with E-state index in [-0.39, 0.29) is 40.9 Å². The summed E-state index contributed by atoms with van der Waals surface area (Å²) < 4.78 is 5.95. The zero-order chi connectivity index (χ0) is 29.7. The maximum atomic E-state index is 11.8. The van der Waals surface area contributed by atoms with Crippen molar-refractivity contribution in [3.05, 3.63) is 81.8 Å². The molecule has 1 unspecified atom stereocenters. The van der Waals surface area contributed by atoms with E-state index in [9.17, 15) is 24.6 Å². The van der Waals surface area contributed by atoms with Gasteiger partial charge in [0.15, 0.2) is 11.6 Å². The standard InChI is InChI=1S/C27H24Cl2N6O6/c1-13-32-24(34-19-5-3-2-4-16(19)26(37)38)23(25(33-13)35-20(27(39)40)11-22(30)36)31-12-15-7-9-21(41-15)17-10-14(28)6-8-18(17)29/h2-10,20,31H,11-12H2,1H3,(H2,30,36)(H,37,38)(H,39,40)(H2,32,33,34,35). The number of carbonyl (C=O) groups excluding carboxylic acids is 1. The van der Waals surface area contributed by atoms with E-state index in [1.54, 1.807) is 55.5 Å². The Labute approximate surface area is 243 Å². The van der Waals surface area contributed by atoms with Crippen LogP contribution in [0.4, 0.5) is 23.0 Å². The third kappa shape index (κ3) is 7.24. The highest BCUT2D eigenvalue weighted by Gasteiger charge is 2.24. The number of amides is 1. The Hall–Kier alpha value is -4.81. The van der Waals surface area contributed by atoms with Gasteiger partial charge in [0.25, 0.3) is 0 Å². The zero-order valence-electron chi connectivity index (χ0n) is 21.4. The molecule has 212 valence electrons. The molecule has 4 aromatic rings. The lowest BCUT2D eigenvalue weighted by atomic mass is 10.1. The fourth-order valence-corrected chi connectivity index (χ4v) is 4.27. The first-order chi connectivity index (χ1) is 19.5. The van der Waals surface area contributed by atoms with Gasteiger partial charge in [0.1, 0.15) is 29.1 Å². The van der Waals surface area contributed by atoms with E-state index in [0.717, 1.165) is 0 Å². The number of hydrogen-bond donors (Lipinski definition) is 6. The molecule has 0 bridgehead atoms. The molecule has 12 nitrogen and oxygen atoms in total. The molecule has 41 heavy (non-hydrogen) atoms. The Bertz CT molecular complexity index is 1630. The summed E-state index contributed by atoms with van der Waals surface area (Å²) >= 11 is 12.4. The number of para-hydroxylation sites is 1. The number of nitrogens with one attached hydrogen (secondary N) is 3. The number of nitrogens with zero attached hydrogens (tertiary/aromatic N) is 2. The zero-order valence-corrected chi connectivity index (χ0v) is 23.0.